The molecule has 78 valence electrons. The van der Waals surface area contributed by atoms with E-state index in [0.29, 0.717) is 18.7 Å². The first-order valence-corrected chi connectivity index (χ1v) is 4.87. The lowest BCUT2D eigenvalue weighted by Gasteiger charge is -2.06. The Bertz CT molecular complexity index is 435. The molecule has 3 heteroatoms. The summed E-state index contributed by atoms with van der Waals surface area (Å²) in [4.78, 5) is 0. The molecule has 0 unspecified atom stereocenters. The minimum Gasteiger partial charge on any atom is -0.350 e. The molecule has 2 rings (SSSR count). The first-order chi connectivity index (χ1) is 7.29. The Labute approximate surface area is 88.1 Å². The Morgan fingerprint density at radius 3 is 2.53 bits per heavy atom. The zero-order valence-corrected chi connectivity index (χ0v) is 8.36. The van der Waals surface area contributed by atoms with Gasteiger partial charge >= 0.3 is 0 Å². The lowest BCUT2D eigenvalue weighted by molar-refractivity contribution is 0.597. The summed E-state index contributed by atoms with van der Waals surface area (Å²) in [5.41, 5.74) is 6.94. The molecule has 2 aromatic rings. The predicted octanol–water partition coefficient (Wildman–Crippen LogP) is 2.13. The van der Waals surface area contributed by atoms with Gasteiger partial charge in [-0.1, -0.05) is 12.1 Å². The third-order valence-electron chi connectivity index (χ3n) is 2.37. The van der Waals surface area contributed by atoms with Crippen LogP contribution in [0.15, 0.2) is 42.7 Å². The summed E-state index contributed by atoms with van der Waals surface area (Å²) in [5, 5.41) is 0. The molecule has 0 spiro atoms. The van der Waals surface area contributed by atoms with Gasteiger partial charge in [0.05, 0.1) is 0 Å². The quantitative estimate of drug-likeness (QED) is 0.815. The second-order valence-corrected chi connectivity index (χ2v) is 3.49. The maximum Gasteiger partial charge on any atom is 0.128 e. The molecule has 15 heavy (non-hydrogen) atoms. The van der Waals surface area contributed by atoms with Crippen molar-refractivity contribution in [2.75, 3.05) is 0 Å². The largest absolute Gasteiger partial charge is 0.350 e. The SMILES string of the molecule is NCc1ccc(Cn2cccc2)c(F)c1. The molecule has 2 nitrogen and oxygen atoms in total. The van der Waals surface area contributed by atoms with Crippen molar-refractivity contribution in [3.8, 4) is 0 Å². The number of rotatable bonds is 3. The highest BCUT2D eigenvalue weighted by atomic mass is 19.1. The van der Waals surface area contributed by atoms with Crippen molar-refractivity contribution in [1.29, 1.82) is 0 Å². The van der Waals surface area contributed by atoms with Crippen molar-refractivity contribution in [2.45, 2.75) is 13.1 Å². The minimum absolute atomic E-state index is 0.188. The number of nitrogens with two attached hydrogens (primary N) is 1. The van der Waals surface area contributed by atoms with Crippen LogP contribution in [-0.2, 0) is 13.1 Å². The summed E-state index contributed by atoms with van der Waals surface area (Å²) >= 11 is 0. The van der Waals surface area contributed by atoms with Gasteiger partial charge in [0.15, 0.2) is 0 Å². The molecule has 2 N–H and O–H groups in total. The molecule has 0 aliphatic heterocycles. The second kappa shape index (κ2) is 4.28. The molecule has 0 saturated heterocycles. The van der Waals surface area contributed by atoms with Crippen LogP contribution in [0.4, 0.5) is 4.39 Å². The van der Waals surface area contributed by atoms with E-state index in [1.165, 1.54) is 6.07 Å². The van der Waals surface area contributed by atoms with Crippen LogP contribution >= 0.6 is 0 Å². The minimum atomic E-state index is -0.188. The topological polar surface area (TPSA) is 30.9 Å². The number of aromatic nitrogens is 1. The van der Waals surface area contributed by atoms with Crippen LogP contribution in [0.5, 0.6) is 0 Å². The summed E-state index contributed by atoms with van der Waals surface area (Å²) in [6, 6.07) is 9.00. The molecule has 1 aromatic heterocycles. The van der Waals surface area contributed by atoms with E-state index in [0.717, 1.165) is 5.56 Å². The molecule has 1 heterocycles. The van der Waals surface area contributed by atoms with E-state index < -0.39 is 0 Å². The Hall–Kier alpha value is -1.61. The van der Waals surface area contributed by atoms with Crippen LogP contribution in [0.2, 0.25) is 0 Å². The van der Waals surface area contributed by atoms with Crippen LogP contribution < -0.4 is 5.73 Å². The Kier molecular flexibility index (Phi) is 2.83. The summed E-state index contributed by atoms with van der Waals surface area (Å²) in [5.74, 6) is -0.188. The Morgan fingerprint density at radius 2 is 1.93 bits per heavy atom. The Balaban J connectivity index is 2.22. The number of halogens is 1. The molecule has 0 aliphatic carbocycles. The van der Waals surface area contributed by atoms with E-state index in [4.69, 9.17) is 5.73 Å². The Morgan fingerprint density at radius 1 is 1.20 bits per heavy atom. The zero-order valence-electron chi connectivity index (χ0n) is 8.36. The van der Waals surface area contributed by atoms with Crippen molar-refractivity contribution in [2.24, 2.45) is 5.73 Å². The third kappa shape index (κ3) is 2.25. The van der Waals surface area contributed by atoms with Crippen LogP contribution in [0, 0.1) is 5.82 Å². The smallest absolute Gasteiger partial charge is 0.128 e. The van der Waals surface area contributed by atoms with Crippen molar-refractivity contribution >= 4 is 0 Å². The van der Waals surface area contributed by atoms with E-state index >= 15 is 0 Å². The highest BCUT2D eigenvalue weighted by molar-refractivity contribution is 5.24. The van der Waals surface area contributed by atoms with E-state index in [1.54, 1.807) is 6.07 Å². The van der Waals surface area contributed by atoms with Crippen LogP contribution in [0.25, 0.3) is 0 Å². The average Bonchev–Trinajstić information content (AvgIpc) is 2.74. The zero-order chi connectivity index (χ0) is 10.7. The summed E-state index contributed by atoms with van der Waals surface area (Å²) in [6.45, 7) is 0.935. The molecule has 0 saturated carbocycles. The molecule has 0 amide bonds. The molecule has 0 bridgehead atoms. The number of nitrogens with zero attached hydrogens (tertiary/aromatic N) is 1. The first kappa shape index (κ1) is 9.93. The fourth-order valence-electron chi connectivity index (χ4n) is 1.52. The maximum atomic E-state index is 13.6. The number of hydrogen-bond acceptors (Lipinski definition) is 1. The summed E-state index contributed by atoms with van der Waals surface area (Å²) in [6.07, 6.45) is 3.83. The van der Waals surface area contributed by atoms with Crippen LogP contribution in [-0.4, -0.2) is 4.57 Å². The van der Waals surface area contributed by atoms with E-state index in [1.807, 2.05) is 35.2 Å². The van der Waals surface area contributed by atoms with Gasteiger partial charge in [-0.25, -0.2) is 4.39 Å². The van der Waals surface area contributed by atoms with Gasteiger partial charge in [-0.3, -0.25) is 0 Å². The van der Waals surface area contributed by atoms with Crippen LogP contribution in [0.3, 0.4) is 0 Å². The van der Waals surface area contributed by atoms with Gasteiger partial charge in [-0.2, -0.15) is 0 Å². The van der Waals surface area contributed by atoms with E-state index in [2.05, 4.69) is 0 Å². The van der Waals surface area contributed by atoms with E-state index in [-0.39, 0.29) is 5.82 Å². The molecule has 0 aliphatic rings. The highest BCUT2D eigenvalue weighted by Crippen LogP contribution is 2.11. The molecule has 0 radical (unpaired) electrons. The van der Waals surface area contributed by atoms with Crippen molar-refractivity contribution in [3.63, 3.8) is 0 Å². The van der Waals surface area contributed by atoms with Crippen LogP contribution in [0.1, 0.15) is 11.1 Å². The standard InChI is InChI=1S/C12H13FN2/c13-12-7-10(8-14)3-4-11(12)9-15-5-1-2-6-15/h1-7H,8-9,14H2. The maximum absolute atomic E-state index is 13.6. The normalized spacial score (nSPS) is 10.5. The number of hydrogen-bond donors (Lipinski definition) is 1. The van der Waals surface area contributed by atoms with E-state index in [9.17, 15) is 4.39 Å². The van der Waals surface area contributed by atoms with Gasteiger partial charge in [0.25, 0.3) is 0 Å². The van der Waals surface area contributed by atoms with Gasteiger partial charge < -0.3 is 10.3 Å². The molecule has 0 atom stereocenters. The monoisotopic (exact) mass is 204 g/mol. The molecular weight excluding hydrogens is 191 g/mol. The van der Waals surface area contributed by atoms with Gasteiger partial charge in [0.2, 0.25) is 0 Å². The summed E-state index contributed by atoms with van der Waals surface area (Å²) < 4.78 is 15.5. The predicted molar refractivity (Wildman–Crippen MR) is 57.8 cm³/mol. The van der Waals surface area contributed by atoms with Gasteiger partial charge in [0.1, 0.15) is 5.82 Å². The molecular formula is C12H13FN2. The molecule has 0 fully saturated rings. The fraction of sp³-hybridized carbons (Fsp3) is 0.167. The second-order valence-electron chi connectivity index (χ2n) is 3.49. The average molecular weight is 204 g/mol. The lowest BCUT2D eigenvalue weighted by Crippen LogP contribution is -2.02. The highest BCUT2D eigenvalue weighted by Gasteiger charge is 2.03. The molecule has 1 aromatic carbocycles. The summed E-state index contributed by atoms with van der Waals surface area (Å²) in [7, 11) is 0. The fourth-order valence-corrected chi connectivity index (χ4v) is 1.52. The first-order valence-electron chi connectivity index (χ1n) is 4.87. The van der Waals surface area contributed by atoms with Crippen molar-refractivity contribution in [3.05, 3.63) is 59.7 Å². The number of benzene rings is 1. The third-order valence-corrected chi connectivity index (χ3v) is 2.37. The van der Waals surface area contributed by atoms with Gasteiger partial charge in [-0.15, -0.1) is 0 Å². The lowest BCUT2D eigenvalue weighted by atomic mass is 10.1. The van der Waals surface area contributed by atoms with Crippen molar-refractivity contribution < 1.29 is 4.39 Å². The van der Waals surface area contributed by atoms with Gasteiger partial charge in [0, 0.05) is 31.0 Å². The van der Waals surface area contributed by atoms with Gasteiger partial charge in [-0.05, 0) is 23.8 Å². The van der Waals surface area contributed by atoms with Crippen molar-refractivity contribution in [1.82, 2.24) is 4.57 Å².